The van der Waals surface area contributed by atoms with Crippen LogP contribution in [0.15, 0.2) is 80.0 Å². The molecule has 1 aromatic rings. The molecule has 24 heavy (non-hydrogen) atoms. The van der Waals surface area contributed by atoms with E-state index in [0.29, 0.717) is 5.92 Å². The van der Waals surface area contributed by atoms with E-state index < -0.39 is 0 Å². The van der Waals surface area contributed by atoms with Crippen molar-refractivity contribution in [2.24, 2.45) is 5.92 Å². The molecule has 0 heteroatoms. The maximum atomic E-state index is 3.86. The Morgan fingerprint density at radius 1 is 0.958 bits per heavy atom. The lowest BCUT2D eigenvalue weighted by atomic mass is 9.95. The van der Waals surface area contributed by atoms with Gasteiger partial charge < -0.3 is 0 Å². The minimum absolute atomic E-state index is 0.520. The van der Waals surface area contributed by atoms with E-state index in [1.807, 2.05) is 12.2 Å². The maximum absolute atomic E-state index is 3.86. The largest absolute Gasteiger partial charge is 0.0990 e. The van der Waals surface area contributed by atoms with Gasteiger partial charge in [0.05, 0.1) is 0 Å². The second-order valence-corrected chi connectivity index (χ2v) is 6.22. The molecule has 0 saturated carbocycles. The maximum Gasteiger partial charge on any atom is -0.0175 e. The van der Waals surface area contributed by atoms with Crippen LogP contribution in [0, 0.1) is 12.8 Å². The molecule has 0 atom stereocenters. The van der Waals surface area contributed by atoms with E-state index in [4.69, 9.17) is 0 Å². The van der Waals surface area contributed by atoms with Gasteiger partial charge in [0, 0.05) is 0 Å². The summed E-state index contributed by atoms with van der Waals surface area (Å²) in [5, 5.41) is 0. The molecular formula is C24H30. The first-order chi connectivity index (χ1) is 11.5. The molecule has 0 saturated heterocycles. The van der Waals surface area contributed by atoms with Crippen LogP contribution in [0.2, 0.25) is 0 Å². The van der Waals surface area contributed by atoms with E-state index in [0.717, 1.165) is 6.42 Å². The summed E-state index contributed by atoms with van der Waals surface area (Å²) >= 11 is 0. The van der Waals surface area contributed by atoms with Gasteiger partial charge in [-0.15, -0.1) is 0 Å². The molecule has 0 nitrogen and oxygen atoms in total. The highest BCUT2D eigenvalue weighted by molar-refractivity contribution is 5.81. The smallest absolute Gasteiger partial charge is 0.0175 e. The minimum Gasteiger partial charge on any atom is -0.0990 e. The Hall–Kier alpha value is -2.34. The molecule has 0 aliphatic carbocycles. The van der Waals surface area contributed by atoms with E-state index in [2.05, 4.69) is 95.5 Å². The lowest BCUT2D eigenvalue weighted by Crippen LogP contribution is -1.90. The van der Waals surface area contributed by atoms with Crippen LogP contribution in [0.5, 0.6) is 0 Å². The Labute approximate surface area is 148 Å². The standard InChI is InChI=1S/C24H30/c1-7-10-13-21(11-8-2)23-16-20(6)17-24(18-23)22(12-9-3)15-14-19(4)5/h8-19H,2-3,7H2,1,4-6H3/b13-10-,15-14-,21-11+,22-12+. The highest BCUT2D eigenvalue weighted by Crippen LogP contribution is 2.25. The highest BCUT2D eigenvalue weighted by Gasteiger charge is 2.04. The van der Waals surface area contributed by atoms with Crippen molar-refractivity contribution in [3.63, 3.8) is 0 Å². The van der Waals surface area contributed by atoms with Crippen LogP contribution in [0.4, 0.5) is 0 Å². The van der Waals surface area contributed by atoms with Crippen molar-refractivity contribution in [3.8, 4) is 0 Å². The summed E-state index contributed by atoms with van der Waals surface area (Å²) in [4.78, 5) is 0. The first kappa shape index (κ1) is 19.7. The molecule has 0 radical (unpaired) electrons. The van der Waals surface area contributed by atoms with Crippen LogP contribution in [-0.2, 0) is 0 Å². The summed E-state index contributed by atoms with van der Waals surface area (Å²) in [5.74, 6) is 0.520. The molecule has 0 aliphatic heterocycles. The second-order valence-electron chi connectivity index (χ2n) is 6.22. The normalized spacial score (nSPS) is 13.2. The lowest BCUT2D eigenvalue weighted by molar-refractivity contribution is 0.832. The molecule has 0 heterocycles. The van der Waals surface area contributed by atoms with Crippen molar-refractivity contribution in [2.75, 3.05) is 0 Å². The minimum atomic E-state index is 0.520. The fraction of sp³-hybridized carbons (Fsp3) is 0.250. The number of hydrogen-bond acceptors (Lipinski definition) is 0. The fourth-order valence-corrected chi connectivity index (χ4v) is 2.41. The number of allylic oxidation sites excluding steroid dienone is 10. The van der Waals surface area contributed by atoms with Gasteiger partial charge >= 0.3 is 0 Å². The number of rotatable bonds is 8. The molecule has 0 aromatic heterocycles. The molecule has 0 aliphatic rings. The SMILES string of the molecule is C=C/C=C(\C=C/CC)c1cc(C)cc(C(/C=C\C(C)C)=C/C=C)c1. The second kappa shape index (κ2) is 10.4. The molecule has 0 N–H and O–H groups in total. The molecule has 0 amide bonds. The van der Waals surface area contributed by atoms with Gasteiger partial charge in [-0.25, -0.2) is 0 Å². The predicted octanol–water partition coefficient (Wildman–Crippen LogP) is 7.31. The molecule has 126 valence electrons. The van der Waals surface area contributed by atoms with Gasteiger partial charge in [-0.2, -0.15) is 0 Å². The van der Waals surface area contributed by atoms with E-state index in [-0.39, 0.29) is 0 Å². The van der Waals surface area contributed by atoms with Gasteiger partial charge in [0.25, 0.3) is 0 Å². The molecule has 0 bridgehead atoms. The Balaban J connectivity index is 3.41. The van der Waals surface area contributed by atoms with Crippen molar-refractivity contribution in [1.82, 2.24) is 0 Å². The third kappa shape index (κ3) is 6.42. The van der Waals surface area contributed by atoms with Crippen LogP contribution < -0.4 is 0 Å². The lowest BCUT2D eigenvalue weighted by Gasteiger charge is -2.10. The zero-order valence-electron chi connectivity index (χ0n) is 15.5. The summed E-state index contributed by atoms with van der Waals surface area (Å²) in [6.45, 7) is 16.4. The predicted molar refractivity (Wildman–Crippen MR) is 111 cm³/mol. The summed E-state index contributed by atoms with van der Waals surface area (Å²) in [7, 11) is 0. The molecule has 0 fully saturated rings. The fourth-order valence-electron chi connectivity index (χ4n) is 2.41. The third-order valence-corrected chi connectivity index (χ3v) is 3.53. The highest BCUT2D eigenvalue weighted by atomic mass is 14.1. The summed E-state index contributed by atoms with van der Waals surface area (Å²) in [6.07, 6.45) is 17.6. The van der Waals surface area contributed by atoms with E-state index in [1.54, 1.807) is 0 Å². The number of hydrogen-bond donors (Lipinski definition) is 0. The van der Waals surface area contributed by atoms with Crippen LogP contribution in [0.1, 0.15) is 43.9 Å². The van der Waals surface area contributed by atoms with Gasteiger partial charge in [-0.1, -0.05) is 94.7 Å². The van der Waals surface area contributed by atoms with Gasteiger partial charge in [-0.05, 0) is 53.2 Å². The first-order valence-corrected chi connectivity index (χ1v) is 8.64. The van der Waals surface area contributed by atoms with Gasteiger partial charge in [-0.3, -0.25) is 0 Å². The molecular weight excluding hydrogens is 288 g/mol. The summed E-state index contributed by atoms with van der Waals surface area (Å²) in [5.41, 5.74) is 6.03. The average molecular weight is 319 g/mol. The average Bonchev–Trinajstić information content (AvgIpc) is 2.54. The zero-order chi connectivity index (χ0) is 17.9. The first-order valence-electron chi connectivity index (χ1n) is 8.64. The van der Waals surface area contributed by atoms with Crippen LogP contribution in [0.25, 0.3) is 11.1 Å². The number of benzene rings is 1. The molecule has 0 unspecified atom stereocenters. The van der Waals surface area contributed by atoms with Gasteiger partial charge in [0.1, 0.15) is 0 Å². The van der Waals surface area contributed by atoms with Crippen LogP contribution in [0.3, 0.4) is 0 Å². The number of aryl methyl sites for hydroxylation is 1. The summed E-state index contributed by atoms with van der Waals surface area (Å²) < 4.78 is 0. The van der Waals surface area contributed by atoms with Crippen molar-refractivity contribution in [1.29, 1.82) is 0 Å². The van der Waals surface area contributed by atoms with Crippen molar-refractivity contribution in [2.45, 2.75) is 34.1 Å². The van der Waals surface area contributed by atoms with Crippen molar-refractivity contribution < 1.29 is 0 Å². The third-order valence-electron chi connectivity index (χ3n) is 3.53. The van der Waals surface area contributed by atoms with Gasteiger partial charge in [0.15, 0.2) is 0 Å². The molecule has 1 aromatic carbocycles. The Bertz CT molecular complexity index is 676. The monoisotopic (exact) mass is 318 g/mol. The van der Waals surface area contributed by atoms with Gasteiger partial charge in [0.2, 0.25) is 0 Å². The Morgan fingerprint density at radius 3 is 1.96 bits per heavy atom. The quantitative estimate of drug-likeness (QED) is 0.441. The van der Waals surface area contributed by atoms with Crippen LogP contribution >= 0.6 is 0 Å². The summed E-state index contributed by atoms with van der Waals surface area (Å²) in [6, 6.07) is 6.68. The van der Waals surface area contributed by atoms with E-state index in [9.17, 15) is 0 Å². The van der Waals surface area contributed by atoms with Crippen molar-refractivity contribution in [3.05, 3.63) is 96.7 Å². The topological polar surface area (TPSA) is 0 Å². The Kier molecular flexibility index (Phi) is 8.57. The van der Waals surface area contributed by atoms with E-state index >= 15 is 0 Å². The van der Waals surface area contributed by atoms with Crippen LogP contribution in [-0.4, -0.2) is 0 Å². The zero-order valence-corrected chi connectivity index (χ0v) is 15.5. The Morgan fingerprint density at radius 2 is 1.50 bits per heavy atom. The molecule has 0 spiro atoms. The molecule has 1 rings (SSSR count). The van der Waals surface area contributed by atoms with E-state index in [1.165, 1.54) is 27.8 Å². The van der Waals surface area contributed by atoms with Crippen molar-refractivity contribution >= 4 is 11.1 Å².